The Bertz CT molecular complexity index is 1650. The number of carbonyl (C=O) groups excluding carboxylic acids is 4. The molecule has 1 aromatic carbocycles. The van der Waals surface area contributed by atoms with Crippen molar-refractivity contribution in [2.45, 2.75) is 128 Å². The molecule has 294 valence electrons. The first-order valence-electron chi connectivity index (χ1n) is 19.3. The Balaban J connectivity index is 1.35. The summed E-state index contributed by atoms with van der Waals surface area (Å²) in [6.07, 6.45) is 5.37. The van der Waals surface area contributed by atoms with Gasteiger partial charge in [0.15, 0.2) is 6.10 Å². The number of piperidine rings is 1. The number of carbonyl (C=O) groups is 4. The van der Waals surface area contributed by atoms with Crippen molar-refractivity contribution in [3.05, 3.63) is 42.5 Å². The van der Waals surface area contributed by atoms with E-state index in [4.69, 9.17) is 0 Å². The highest BCUT2D eigenvalue weighted by Crippen LogP contribution is 2.65. The summed E-state index contributed by atoms with van der Waals surface area (Å²) in [4.78, 5) is 57.4. The first-order chi connectivity index (χ1) is 24.9. The third kappa shape index (κ3) is 8.59. The van der Waals surface area contributed by atoms with E-state index in [2.05, 4.69) is 41.7 Å². The monoisotopic (exact) mass is 756 g/mol. The lowest BCUT2D eigenvalue weighted by molar-refractivity contribution is -0.144. The molecule has 0 bridgehead atoms. The zero-order valence-electron chi connectivity index (χ0n) is 32.2. The number of hydrogen-bond acceptors (Lipinski definition) is 7. The van der Waals surface area contributed by atoms with Crippen LogP contribution in [-0.2, 0) is 31.0 Å². The van der Waals surface area contributed by atoms with Crippen LogP contribution in [0.5, 0.6) is 0 Å². The fourth-order valence-corrected chi connectivity index (χ4v) is 10.4. The fraction of sp³-hybridized carbons (Fsp3) is 0.692. The van der Waals surface area contributed by atoms with Gasteiger partial charge in [-0.1, -0.05) is 91.5 Å². The number of aliphatic hydroxyl groups is 1. The average molecular weight is 757 g/mol. The normalized spacial score (nSPS) is 25.6. The summed E-state index contributed by atoms with van der Waals surface area (Å²) < 4.78 is 28.2. The van der Waals surface area contributed by atoms with Gasteiger partial charge in [-0.05, 0) is 59.5 Å². The molecule has 5 rings (SSSR count). The van der Waals surface area contributed by atoms with Crippen LogP contribution < -0.4 is 21.3 Å². The maximum atomic E-state index is 14.7. The molecular weight excluding hydrogens is 697 g/mol. The molecule has 13 nitrogen and oxygen atoms in total. The van der Waals surface area contributed by atoms with Gasteiger partial charge in [-0.15, -0.1) is 6.58 Å². The van der Waals surface area contributed by atoms with Gasteiger partial charge in [0.1, 0.15) is 12.1 Å². The molecule has 2 heterocycles. The largest absolute Gasteiger partial charge is 0.381 e. The number of nitrogens with one attached hydrogen (secondary N) is 4. The molecule has 2 aliphatic heterocycles. The predicted octanol–water partition coefficient (Wildman–Crippen LogP) is 3.28. The Morgan fingerprint density at radius 1 is 1.06 bits per heavy atom. The number of fused-ring (bicyclic) bond motifs is 2. The minimum Gasteiger partial charge on any atom is -0.381 e. The minimum atomic E-state index is -3.73. The second kappa shape index (κ2) is 16.1. The molecule has 2 aliphatic carbocycles. The topological polar surface area (TPSA) is 177 Å². The van der Waals surface area contributed by atoms with Crippen LogP contribution in [0.3, 0.4) is 0 Å². The lowest BCUT2D eigenvalue weighted by Crippen LogP contribution is -2.62. The molecule has 0 spiro atoms. The summed E-state index contributed by atoms with van der Waals surface area (Å²) in [5, 5.41) is 22.5. The number of hydrogen-bond donors (Lipinski definition) is 5. The summed E-state index contributed by atoms with van der Waals surface area (Å²) in [6.45, 7) is 16.3. The van der Waals surface area contributed by atoms with Gasteiger partial charge < -0.3 is 31.3 Å². The molecule has 7 atom stereocenters. The van der Waals surface area contributed by atoms with Crippen LogP contribution in [0.2, 0.25) is 0 Å². The van der Waals surface area contributed by atoms with Gasteiger partial charge in [0.25, 0.3) is 5.91 Å². The lowest BCUT2D eigenvalue weighted by atomic mass is 9.83. The molecule has 2 saturated carbocycles. The van der Waals surface area contributed by atoms with Crippen molar-refractivity contribution < 1.29 is 32.7 Å². The number of sulfonamides is 1. The molecule has 0 aromatic heterocycles. The van der Waals surface area contributed by atoms with Crippen molar-refractivity contribution in [2.75, 3.05) is 19.6 Å². The number of rotatable bonds is 14. The Kier molecular flexibility index (Phi) is 12.3. The van der Waals surface area contributed by atoms with Gasteiger partial charge in [-0.25, -0.2) is 13.2 Å². The Morgan fingerprint density at radius 3 is 2.36 bits per heavy atom. The van der Waals surface area contributed by atoms with Crippen molar-refractivity contribution in [1.82, 2.24) is 30.5 Å². The third-order valence-corrected chi connectivity index (χ3v) is 14.0. The number of likely N-dealkylation sites (tertiary alicyclic amines) is 1. The number of amides is 5. The molecule has 53 heavy (non-hydrogen) atoms. The van der Waals surface area contributed by atoms with Crippen molar-refractivity contribution in [3.63, 3.8) is 0 Å². The van der Waals surface area contributed by atoms with Crippen LogP contribution in [0.25, 0.3) is 0 Å². The fourth-order valence-electron chi connectivity index (χ4n) is 8.73. The summed E-state index contributed by atoms with van der Waals surface area (Å²) in [5.74, 6) is -1.52. The van der Waals surface area contributed by atoms with E-state index in [1.807, 2.05) is 33.8 Å². The predicted molar refractivity (Wildman–Crippen MR) is 202 cm³/mol. The number of urea groups is 1. The molecule has 3 fully saturated rings. The van der Waals surface area contributed by atoms with E-state index in [1.165, 1.54) is 10.4 Å². The Labute approximate surface area is 315 Å². The van der Waals surface area contributed by atoms with Crippen molar-refractivity contribution in [1.29, 1.82) is 0 Å². The molecule has 2 unspecified atom stereocenters. The standard InChI is InChI=1S/C39H60N6O7S/c1-8-15-27(33(46)35(48)40-20-9-2)41-34(47)32-30-26(39(30,6)7)22-45(32)36(49)31(24-16-11-10-12-17-24)43-37(50)42-29(38(3,4)5)23-44-21-25-18-13-14-19-28(25)53(44,51)52/h9,13-14,18-19,24,26-27,29-33,46H,2,8,10-12,15-17,20-23H2,1,3-7H3,(H,40,48)(H,41,47)(H2,42,43,50)/t26-,27?,29+,30-,31-,32-,33?/m0/s1. The molecule has 4 aliphatic rings. The molecule has 14 heteroatoms. The Morgan fingerprint density at radius 2 is 1.74 bits per heavy atom. The first-order valence-corrected chi connectivity index (χ1v) is 20.7. The van der Waals surface area contributed by atoms with E-state index in [-0.39, 0.29) is 53.6 Å². The van der Waals surface area contributed by atoms with E-state index in [0.29, 0.717) is 24.9 Å². The number of aliphatic hydroxyl groups excluding tert-OH is 1. The lowest BCUT2D eigenvalue weighted by Gasteiger charge is -2.38. The summed E-state index contributed by atoms with van der Waals surface area (Å²) in [6, 6.07) is 3.18. The van der Waals surface area contributed by atoms with Crippen LogP contribution in [0.1, 0.15) is 92.1 Å². The van der Waals surface area contributed by atoms with Gasteiger partial charge >= 0.3 is 6.03 Å². The average Bonchev–Trinajstić information content (AvgIpc) is 3.37. The quantitative estimate of drug-likeness (QED) is 0.181. The van der Waals surface area contributed by atoms with Crippen molar-refractivity contribution >= 4 is 33.8 Å². The molecule has 1 aromatic rings. The summed E-state index contributed by atoms with van der Waals surface area (Å²) in [7, 11) is -3.73. The third-order valence-electron chi connectivity index (χ3n) is 12.1. The van der Waals surface area contributed by atoms with E-state index >= 15 is 0 Å². The van der Waals surface area contributed by atoms with Gasteiger partial charge in [0.2, 0.25) is 21.8 Å². The first kappa shape index (κ1) is 40.7. The maximum Gasteiger partial charge on any atom is 0.315 e. The van der Waals surface area contributed by atoms with Gasteiger partial charge in [-0.3, -0.25) is 14.4 Å². The minimum absolute atomic E-state index is 0.0547. The highest BCUT2D eigenvalue weighted by atomic mass is 32.2. The van der Waals surface area contributed by atoms with Crippen molar-refractivity contribution in [2.24, 2.45) is 28.6 Å². The smallest absolute Gasteiger partial charge is 0.315 e. The zero-order chi connectivity index (χ0) is 38.9. The van der Waals surface area contributed by atoms with Crippen LogP contribution in [0.4, 0.5) is 4.79 Å². The van der Waals surface area contributed by atoms with E-state index in [1.54, 1.807) is 23.1 Å². The van der Waals surface area contributed by atoms with Crippen LogP contribution in [0, 0.1) is 28.6 Å². The second-order valence-electron chi connectivity index (χ2n) is 17.1. The SMILES string of the molecule is C=CCNC(=O)C(O)C(CCC)NC(=O)[C@@H]1[C@@H]2[C@H](CN1C(=O)[C@@H](NC(=O)N[C@H](CN1Cc3ccccc3S1(=O)=O)C(C)(C)C)C1CCCCC1)C2(C)C. The summed E-state index contributed by atoms with van der Waals surface area (Å²) in [5.41, 5.74) is 0.00295. The van der Waals surface area contributed by atoms with Gasteiger partial charge in [0, 0.05) is 32.2 Å². The van der Waals surface area contributed by atoms with Gasteiger partial charge in [0.05, 0.1) is 10.9 Å². The molecule has 5 N–H and O–H groups in total. The highest BCUT2D eigenvalue weighted by Gasteiger charge is 2.69. The number of nitrogens with zero attached hydrogens (tertiary/aromatic N) is 2. The zero-order valence-corrected chi connectivity index (χ0v) is 33.0. The number of benzene rings is 1. The molecule has 0 radical (unpaired) electrons. The molecule has 1 saturated heterocycles. The molecular formula is C39H60N6O7S. The van der Waals surface area contributed by atoms with Gasteiger partial charge in [-0.2, -0.15) is 4.31 Å². The Hall–Kier alpha value is -3.49. The van der Waals surface area contributed by atoms with E-state index < -0.39 is 63.6 Å². The highest BCUT2D eigenvalue weighted by molar-refractivity contribution is 7.89. The maximum absolute atomic E-state index is 14.7. The summed E-state index contributed by atoms with van der Waals surface area (Å²) >= 11 is 0. The van der Waals surface area contributed by atoms with E-state index in [0.717, 1.165) is 32.1 Å². The van der Waals surface area contributed by atoms with Crippen molar-refractivity contribution in [3.8, 4) is 0 Å². The van der Waals surface area contributed by atoms with Crippen LogP contribution in [0.15, 0.2) is 41.8 Å². The van der Waals surface area contributed by atoms with E-state index in [9.17, 15) is 32.7 Å². The second-order valence-corrected chi connectivity index (χ2v) is 19.0. The van der Waals surface area contributed by atoms with Crippen LogP contribution in [-0.4, -0.2) is 96.4 Å². The van der Waals surface area contributed by atoms with Crippen LogP contribution >= 0.6 is 0 Å². The molecule has 5 amide bonds.